The Hall–Kier alpha value is -2.11. The first-order valence-electron chi connectivity index (χ1n) is 7.01. The second-order valence-corrected chi connectivity index (χ2v) is 6.07. The molecule has 5 heteroatoms. The summed E-state index contributed by atoms with van der Waals surface area (Å²) in [7, 11) is 3.93. The molecule has 1 amide bonds. The number of carbonyl (C=O) groups excluding carboxylic acids is 1. The van der Waals surface area contributed by atoms with Gasteiger partial charge in [-0.2, -0.15) is 0 Å². The fraction of sp³-hybridized carbons (Fsp3) is 0.235. The first-order chi connectivity index (χ1) is 10.6. The van der Waals surface area contributed by atoms with Crippen LogP contribution in [0.2, 0.25) is 0 Å². The number of rotatable bonds is 6. The highest BCUT2D eigenvalue weighted by Crippen LogP contribution is 2.17. The summed E-state index contributed by atoms with van der Waals surface area (Å²) in [6.45, 7) is 0.189. The minimum atomic E-state index is -0.713. The third kappa shape index (κ3) is 4.72. The Labute approximate surface area is 134 Å². The molecular formula is C17H20N2O2S. The molecule has 2 aromatic rings. The number of benzene rings is 1. The monoisotopic (exact) mass is 316 g/mol. The van der Waals surface area contributed by atoms with Crippen molar-refractivity contribution in [1.82, 2.24) is 5.32 Å². The van der Waals surface area contributed by atoms with E-state index in [9.17, 15) is 9.90 Å². The van der Waals surface area contributed by atoms with Gasteiger partial charge in [0.25, 0.3) is 0 Å². The van der Waals surface area contributed by atoms with Gasteiger partial charge in [-0.1, -0.05) is 18.2 Å². The predicted molar refractivity (Wildman–Crippen MR) is 92.1 cm³/mol. The standard InChI is InChI=1S/C17H20N2O2S/c1-19(2)14-7-5-13(6-8-14)16(20)12-18-17(21)10-9-15-4-3-11-22-15/h3-11,16,20H,12H2,1-2H3,(H,18,21)/b10-9+. The molecule has 4 nitrogen and oxygen atoms in total. The molecule has 0 saturated heterocycles. The largest absolute Gasteiger partial charge is 0.387 e. The Morgan fingerprint density at radius 1 is 1.32 bits per heavy atom. The van der Waals surface area contributed by atoms with Gasteiger partial charge < -0.3 is 15.3 Å². The summed E-state index contributed by atoms with van der Waals surface area (Å²) in [5, 5.41) is 14.8. The molecule has 22 heavy (non-hydrogen) atoms. The number of anilines is 1. The van der Waals surface area contributed by atoms with Crippen molar-refractivity contribution < 1.29 is 9.90 Å². The van der Waals surface area contributed by atoms with E-state index in [-0.39, 0.29) is 12.5 Å². The molecule has 2 N–H and O–H groups in total. The highest BCUT2D eigenvalue weighted by Gasteiger charge is 2.08. The third-order valence-electron chi connectivity index (χ3n) is 3.21. The van der Waals surface area contributed by atoms with Crippen LogP contribution in [0.1, 0.15) is 16.5 Å². The molecule has 0 aliphatic carbocycles. The van der Waals surface area contributed by atoms with Crippen LogP contribution in [0.5, 0.6) is 0 Å². The molecule has 2 rings (SSSR count). The molecule has 0 bridgehead atoms. The van der Waals surface area contributed by atoms with Crippen molar-refractivity contribution in [3.05, 3.63) is 58.3 Å². The summed E-state index contributed by atoms with van der Waals surface area (Å²) in [5.74, 6) is -0.211. The average molecular weight is 316 g/mol. The van der Waals surface area contributed by atoms with Crippen LogP contribution in [-0.4, -0.2) is 31.7 Å². The lowest BCUT2D eigenvalue weighted by Gasteiger charge is -2.15. The number of nitrogens with zero attached hydrogens (tertiary/aromatic N) is 1. The van der Waals surface area contributed by atoms with Gasteiger partial charge in [-0.3, -0.25) is 4.79 Å². The maximum Gasteiger partial charge on any atom is 0.244 e. The number of aliphatic hydroxyl groups is 1. The zero-order chi connectivity index (χ0) is 15.9. The molecule has 0 radical (unpaired) electrons. The summed E-state index contributed by atoms with van der Waals surface area (Å²) >= 11 is 1.57. The molecule has 1 aromatic heterocycles. The van der Waals surface area contributed by atoms with Gasteiger partial charge in [0.1, 0.15) is 0 Å². The molecule has 1 unspecified atom stereocenters. The van der Waals surface area contributed by atoms with Crippen molar-refractivity contribution in [2.24, 2.45) is 0 Å². The number of amides is 1. The van der Waals surface area contributed by atoms with Crippen molar-refractivity contribution >= 4 is 29.0 Å². The molecule has 1 aromatic carbocycles. The Morgan fingerprint density at radius 2 is 2.05 bits per heavy atom. The van der Waals surface area contributed by atoms with Gasteiger partial charge >= 0.3 is 0 Å². The predicted octanol–water partition coefficient (Wildman–Crippen LogP) is 2.68. The smallest absolute Gasteiger partial charge is 0.244 e. The normalized spacial score (nSPS) is 12.3. The Kier molecular flexibility index (Phi) is 5.75. The van der Waals surface area contributed by atoms with Crippen LogP contribution >= 0.6 is 11.3 Å². The molecule has 116 valence electrons. The van der Waals surface area contributed by atoms with Crippen molar-refractivity contribution in [3.63, 3.8) is 0 Å². The molecule has 0 aliphatic heterocycles. The second-order valence-electron chi connectivity index (χ2n) is 5.10. The average Bonchev–Trinajstić information content (AvgIpc) is 3.04. The molecule has 1 atom stereocenters. The Balaban J connectivity index is 1.84. The number of carbonyl (C=O) groups is 1. The van der Waals surface area contributed by atoms with Gasteiger partial charge in [0.05, 0.1) is 6.10 Å². The minimum Gasteiger partial charge on any atom is -0.387 e. The van der Waals surface area contributed by atoms with E-state index in [1.807, 2.05) is 60.8 Å². The number of hydrogen-bond acceptors (Lipinski definition) is 4. The Morgan fingerprint density at radius 3 is 2.64 bits per heavy atom. The topological polar surface area (TPSA) is 52.6 Å². The third-order valence-corrected chi connectivity index (χ3v) is 4.04. The quantitative estimate of drug-likeness (QED) is 0.806. The van der Waals surface area contributed by atoms with E-state index in [0.717, 1.165) is 16.1 Å². The van der Waals surface area contributed by atoms with E-state index in [0.29, 0.717) is 0 Å². The van der Waals surface area contributed by atoms with Crippen LogP contribution in [0.25, 0.3) is 6.08 Å². The lowest BCUT2D eigenvalue weighted by atomic mass is 10.1. The van der Waals surface area contributed by atoms with Crippen molar-refractivity contribution in [2.75, 3.05) is 25.5 Å². The van der Waals surface area contributed by atoms with Crippen LogP contribution in [0.15, 0.2) is 47.9 Å². The van der Waals surface area contributed by atoms with Gasteiger partial charge in [-0.05, 0) is 35.2 Å². The fourth-order valence-corrected chi connectivity index (χ4v) is 2.53. The SMILES string of the molecule is CN(C)c1ccc(C(O)CNC(=O)/C=C/c2cccs2)cc1. The zero-order valence-electron chi connectivity index (χ0n) is 12.7. The summed E-state index contributed by atoms with van der Waals surface area (Å²) in [4.78, 5) is 14.7. The minimum absolute atomic E-state index is 0.189. The van der Waals surface area contributed by atoms with Crippen LogP contribution < -0.4 is 10.2 Å². The van der Waals surface area contributed by atoms with Crippen LogP contribution in [0, 0.1) is 0 Å². The van der Waals surface area contributed by atoms with Gasteiger partial charge in [-0.15, -0.1) is 11.3 Å². The van der Waals surface area contributed by atoms with Crippen molar-refractivity contribution in [2.45, 2.75) is 6.10 Å². The molecule has 0 saturated carbocycles. The van der Waals surface area contributed by atoms with Gasteiger partial charge in [0, 0.05) is 37.3 Å². The second kappa shape index (κ2) is 7.77. The molecular weight excluding hydrogens is 296 g/mol. The summed E-state index contributed by atoms with van der Waals surface area (Å²) in [6.07, 6.45) is 2.53. The Bertz CT molecular complexity index is 619. The highest BCUT2D eigenvalue weighted by molar-refractivity contribution is 7.10. The van der Waals surface area contributed by atoms with Gasteiger partial charge in [-0.25, -0.2) is 0 Å². The van der Waals surface area contributed by atoms with E-state index >= 15 is 0 Å². The van der Waals surface area contributed by atoms with Crippen LogP contribution in [0.4, 0.5) is 5.69 Å². The number of aliphatic hydroxyl groups excluding tert-OH is 1. The maximum absolute atomic E-state index is 11.7. The van der Waals surface area contributed by atoms with Gasteiger partial charge in [0.2, 0.25) is 5.91 Å². The summed E-state index contributed by atoms with van der Waals surface area (Å²) in [6, 6.07) is 11.5. The number of nitrogens with one attached hydrogen (secondary N) is 1. The first kappa shape index (κ1) is 16.3. The maximum atomic E-state index is 11.7. The zero-order valence-corrected chi connectivity index (χ0v) is 13.5. The van der Waals surface area contributed by atoms with E-state index in [1.165, 1.54) is 6.08 Å². The summed E-state index contributed by atoms with van der Waals surface area (Å²) in [5.41, 5.74) is 1.85. The van der Waals surface area contributed by atoms with Crippen molar-refractivity contribution in [1.29, 1.82) is 0 Å². The number of hydrogen-bond donors (Lipinski definition) is 2. The van der Waals surface area contributed by atoms with Crippen molar-refractivity contribution in [3.8, 4) is 0 Å². The molecule has 0 fully saturated rings. The van der Waals surface area contributed by atoms with E-state index in [4.69, 9.17) is 0 Å². The first-order valence-corrected chi connectivity index (χ1v) is 7.89. The highest BCUT2D eigenvalue weighted by atomic mass is 32.1. The number of thiophene rings is 1. The van der Waals surface area contributed by atoms with E-state index in [2.05, 4.69) is 5.32 Å². The molecule has 1 heterocycles. The van der Waals surface area contributed by atoms with Crippen LogP contribution in [0.3, 0.4) is 0 Å². The summed E-state index contributed by atoms with van der Waals surface area (Å²) < 4.78 is 0. The molecule has 0 spiro atoms. The van der Waals surface area contributed by atoms with E-state index in [1.54, 1.807) is 17.4 Å². The van der Waals surface area contributed by atoms with Gasteiger partial charge in [0.15, 0.2) is 0 Å². The lowest BCUT2D eigenvalue weighted by molar-refractivity contribution is -0.116. The molecule has 0 aliphatic rings. The van der Waals surface area contributed by atoms with E-state index < -0.39 is 6.10 Å². The lowest BCUT2D eigenvalue weighted by Crippen LogP contribution is -2.26. The fourth-order valence-electron chi connectivity index (χ4n) is 1.91. The van der Waals surface area contributed by atoms with Crippen LogP contribution in [-0.2, 0) is 4.79 Å².